The third kappa shape index (κ3) is 4.20. The Morgan fingerprint density at radius 1 is 0.327 bits per heavy atom. The molecule has 258 valence electrons. The molecule has 11 aromatic rings. The molecule has 0 unspecified atom stereocenters. The topological polar surface area (TPSA) is 26.3 Å². The van der Waals surface area contributed by atoms with E-state index in [9.17, 15) is 0 Å². The molecule has 1 aliphatic carbocycles. The molecule has 0 aliphatic heterocycles. The molecule has 0 amide bonds. The third-order valence-electron chi connectivity index (χ3n) is 12.3. The molecule has 0 bridgehead atoms. The Balaban J connectivity index is 1.22. The second-order valence-corrected chi connectivity index (χ2v) is 15.5. The monoisotopic (exact) mass is 702 g/mol. The molecular formula is C53H34O2. The summed E-state index contributed by atoms with van der Waals surface area (Å²) in [6.07, 6.45) is 0. The van der Waals surface area contributed by atoms with Gasteiger partial charge in [0.25, 0.3) is 0 Å². The summed E-state index contributed by atoms with van der Waals surface area (Å²) in [7, 11) is 0. The summed E-state index contributed by atoms with van der Waals surface area (Å²) in [4.78, 5) is 0. The van der Waals surface area contributed by atoms with Gasteiger partial charge in [0.05, 0.1) is 0 Å². The SMILES string of the molecule is CC1(C)c2ccccc2-c2cc(-c3c4cccc(-c5cccc6oc7ccccc7c56)c4cc4c(-c5cccc6oc7ccccc7c56)cccc34)ccc21. The van der Waals surface area contributed by atoms with Crippen LogP contribution in [-0.4, -0.2) is 0 Å². The Morgan fingerprint density at radius 3 is 1.40 bits per heavy atom. The van der Waals surface area contributed by atoms with Gasteiger partial charge in [-0.05, 0) is 114 Å². The molecule has 12 rings (SSSR count). The van der Waals surface area contributed by atoms with Crippen LogP contribution in [0.4, 0.5) is 0 Å². The van der Waals surface area contributed by atoms with Gasteiger partial charge in [-0.2, -0.15) is 0 Å². The van der Waals surface area contributed by atoms with Gasteiger partial charge in [0.15, 0.2) is 0 Å². The fourth-order valence-electron chi connectivity index (χ4n) is 9.82. The number of hydrogen-bond acceptors (Lipinski definition) is 2. The van der Waals surface area contributed by atoms with Gasteiger partial charge in [-0.1, -0.05) is 147 Å². The summed E-state index contributed by atoms with van der Waals surface area (Å²) in [5, 5.41) is 9.42. The number of para-hydroxylation sites is 2. The molecule has 2 aromatic heterocycles. The highest BCUT2D eigenvalue weighted by Gasteiger charge is 2.35. The quantitative estimate of drug-likeness (QED) is 0.171. The number of fused-ring (bicyclic) bond motifs is 11. The Labute approximate surface area is 317 Å². The average Bonchev–Trinajstić information content (AvgIpc) is 3.87. The fraction of sp³-hybridized carbons (Fsp3) is 0.0566. The van der Waals surface area contributed by atoms with E-state index in [4.69, 9.17) is 8.83 Å². The first kappa shape index (κ1) is 30.6. The van der Waals surface area contributed by atoms with Crippen LogP contribution in [0.3, 0.4) is 0 Å². The number of benzene rings is 9. The predicted molar refractivity (Wildman–Crippen MR) is 230 cm³/mol. The van der Waals surface area contributed by atoms with E-state index in [1.54, 1.807) is 0 Å². The molecule has 1 aliphatic rings. The van der Waals surface area contributed by atoms with Gasteiger partial charge in [-0.25, -0.2) is 0 Å². The maximum absolute atomic E-state index is 6.41. The Hall–Kier alpha value is -6.90. The molecule has 2 heterocycles. The van der Waals surface area contributed by atoms with Crippen molar-refractivity contribution in [2.75, 3.05) is 0 Å². The highest BCUT2D eigenvalue weighted by molar-refractivity contribution is 6.23. The first-order valence-electron chi connectivity index (χ1n) is 19.1. The lowest BCUT2D eigenvalue weighted by atomic mass is 9.81. The molecule has 0 radical (unpaired) electrons. The summed E-state index contributed by atoms with van der Waals surface area (Å²) in [5.41, 5.74) is 16.1. The molecule has 0 saturated carbocycles. The second-order valence-electron chi connectivity index (χ2n) is 15.5. The van der Waals surface area contributed by atoms with Crippen molar-refractivity contribution in [2.45, 2.75) is 19.3 Å². The van der Waals surface area contributed by atoms with Crippen LogP contribution < -0.4 is 0 Å². The Bertz CT molecular complexity index is 3240. The molecule has 0 atom stereocenters. The molecule has 2 nitrogen and oxygen atoms in total. The van der Waals surface area contributed by atoms with Crippen LogP contribution in [0.1, 0.15) is 25.0 Å². The van der Waals surface area contributed by atoms with Crippen molar-refractivity contribution in [1.29, 1.82) is 0 Å². The molecule has 0 N–H and O–H groups in total. The minimum Gasteiger partial charge on any atom is -0.456 e. The van der Waals surface area contributed by atoms with Gasteiger partial charge >= 0.3 is 0 Å². The molecule has 2 heteroatoms. The Kier molecular flexibility index (Phi) is 6.15. The van der Waals surface area contributed by atoms with Gasteiger partial charge in [-0.15, -0.1) is 0 Å². The van der Waals surface area contributed by atoms with Crippen LogP contribution >= 0.6 is 0 Å². The van der Waals surface area contributed by atoms with E-state index in [1.807, 2.05) is 12.1 Å². The van der Waals surface area contributed by atoms with Crippen molar-refractivity contribution >= 4 is 65.4 Å². The summed E-state index contributed by atoms with van der Waals surface area (Å²) in [5.74, 6) is 0. The molecule has 9 aromatic carbocycles. The Morgan fingerprint density at radius 2 is 0.782 bits per heavy atom. The fourth-order valence-corrected chi connectivity index (χ4v) is 9.82. The lowest BCUT2D eigenvalue weighted by Crippen LogP contribution is -2.14. The lowest BCUT2D eigenvalue weighted by molar-refractivity contribution is 0.660. The normalized spacial score (nSPS) is 13.4. The molecule has 0 spiro atoms. The van der Waals surface area contributed by atoms with E-state index in [2.05, 4.69) is 172 Å². The van der Waals surface area contributed by atoms with E-state index < -0.39 is 0 Å². The van der Waals surface area contributed by atoms with Crippen molar-refractivity contribution in [3.05, 3.63) is 181 Å². The molecule has 0 fully saturated rings. The summed E-state index contributed by atoms with van der Waals surface area (Å²) < 4.78 is 12.8. The van der Waals surface area contributed by atoms with E-state index in [0.29, 0.717) is 0 Å². The van der Waals surface area contributed by atoms with E-state index in [0.717, 1.165) is 43.9 Å². The smallest absolute Gasteiger partial charge is 0.136 e. The van der Waals surface area contributed by atoms with Crippen LogP contribution in [0, 0.1) is 0 Å². The van der Waals surface area contributed by atoms with E-state index in [1.165, 1.54) is 77.2 Å². The predicted octanol–water partition coefficient (Wildman–Crippen LogP) is 15.1. The average molecular weight is 703 g/mol. The largest absolute Gasteiger partial charge is 0.456 e. The van der Waals surface area contributed by atoms with E-state index >= 15 is 0 Å². The zero-order valence-electron chi connectivity index (χ0n) is 30.5. The van der Waals surface area contributed by atoms with Gasteiger partial charge < -0.3 is 8.83 Å². The maximum Gasteiger partial charge on any atom is 0.136 e. The zero-order chi connectivity index (χ0) is 36.4. The molecular weight excluding hydrogens is 669 g/mol. The maximum atomic E-state index is 6.41. The van der Waals surface area contributed by atoms with Crippen LogP contribution in [0.25, 0.3) is 110 Å². The van der Waals surface area contributed by atoms with E-state index in [-0.39, 0.29) is 5.41 Å². The minimum atomic E-state index is -0.0658. The lowest BCUT2D eigenvalue weighted by Gasteiger charge is -2.22. The molecule has 0 saturated heterocycles. The van der Waals surface area contributed by atoms with Crippen LogP contribution in [-0.2, 0) is 5.41 Å². The second kappa shape index (κ2) is 11.1. The number of hydrogen-bond donors (Lipinski definition) is 0. The minimum absolute atomic E-state index is 0.0658. The zero-order valence-corrected chi connectivity index (χ0v) is 30.5. The van der Waals surface area contributed by atoms with Crippen molar-refractivity contribution < 1.29 is 8.83 Å². The van der Waals surface area contributed by atoms with Crippen LogP contribution in [0.5, 0.6) is 0 Å². The third-order valence-corrected chi connectivity index (χ3v) is 12.3. The van der Waals surface area contributed by atoms with Gasteiger partial charge in [-0.3, -0.25) is 0 Å². The van der Waals surface area contributed by atoms with Crippen LogP contribution in [0.2, 0.25) is 0 Å². The van der Waals surface area contributed by atoms with Gasteiger partial charge in [0, 0.05) is 27.0 Å². The molecule has 55 heavy (non-hydrogen) atoms. The van der Waals surface area contributed by atoms with Gasteiger partial charge in [0.2, 0.25) is 0 Å². The first-order valence-corrected chi connectivity index (χ1v) is 19.1. The number of furan rings is 2. The summed E-state index contributed by atoms with van der Waals surface area (Å²) in [6.45, 7) is 4.70. The van der Waals surface area contributed by atoms with Crippen molar-refractivity contribution in [3.8, 4) is 44.5 Å². The highest BCUT2D eigenvalue weighted by Crippen LogP contribution is 2.52. The van der Waals surface area contributed by atoms with Crippen molar-refractivity contribution in [3.63, 3.8) is 0 Å². The summed E-state index contributed by atoms with van der Waals surface area (Å²) >= 11 is 0. The summed E-state index contributed by atoms with van der Waals surface area (Å²) in [6, 6.07) is 61.8. The standard InChI is InChI=1S/C53H34O2/c1-53(2)44-22-6-3-13-34(44)43-29-31(27-28-45(43)53)50-37-18-9-16-32(35-20-11-25-48-51(35)39-14-4-7-23-46(39)54-48)41(37)30-42-33(17-10-19-38(42)50)36-21-12-26-49-52(36)40-15-5-8-24-47(40)55-49/h3-30H,1-2H3. The first-order chi connectivity index (χ1) is 27.0. The number of rotatable bonds is 3. The van der Waals surface area contributed by atoms with Crippen molar-refractivity contribution in [1.82, 2.24) is 0 Å². The van der Waals surface area contributed by atoms with Crippen molar-refractivity contribution in [2.24, 2.45) is 0 Å². The van der Waals surface area contributed by atoms with Crippen LogP contribution in [0.15, 0.2) is 179 Å². The van der Waals surface area contributed by atoms with Gasteiger partial charge in [0.1, 0.15) is 22.3 Å². The highest BCUT2D eigenvalue weighted by atomic mass is 16.3.